The number of ether oxygens (including phenoxy) is 1. The molecule has 0 rings (SSSR count). The van der Waals surface area contributed by atoms with E-state index in [2.05, 4.69) is 0 Å². The van der Waals surface area contributed by atoms with Gasteiger partial charge in [0.1, 0.15) is 46.8 Å². The minimum atomic E-state index is -2.74. The van der Waals surface area contributed by atoms with Crippen molar-refractivity contribution >= 4 is 0 Å². The third-order valence-corrected chi connectivity index (χ3v) is 6.74. The minimum absolute atomic E-state index is 0.244. The lowest BCUT2D eigenvalue weighted by molar-refractivity contribution is -0.350. The van der Waals surface area contributed by atoms with E-state index in [1.54, 1.807) is 0 Å². The van der Waals surface area contributed by atoms with Gasteiger partial charge in [0.25, 0.3) is 0 Å². The SMILES string of the molecule is CC[C@@](O)(CO)[C@@H](O)[C@H](O)[C@](O)(CC)C(O)OC(O)[C@@](O)(CC)[C@@H](O)[C@H](O)[C@@](O)(CC)CO. The van der Waals surface area contributed by atoms with Crippen LogP contribution >= 0.6 is 0 Å². The van der Waals surface area contributed by atoms with Crippen molar-refractivity contribution in [3.8, 4) is 0 Å². The van der Waals surface area contributed by atoms with Gasteiger partial charge in [0.2, 0.25) is 0 Å². The second kappa shape index (κ2) is 12.4. The fourth-order valence-electron chi connectivity index (χ4n) is 3.38. The first kappa shape index (κ1) is 32.5. The summed E-state index contributed by atoms with van der Waals surface area (Å²) >= 11 is 0. The largest absolute Gasteiger partial charge is 0.393 e. The second-order valence-corrected chi connectivity index (χ2v) is 8.54. The van der Waals surface area contributed by atoms with E-state index >= 15 is 0 Å². The minimum Gasteiger partial charge on any atom is -0.393 e. The molecule has 13 heteroatoms. The molecule has 0 heterocycles. The number of aliphatic hydroxyl groups excluding tert-OH is 8. The highest BCUT2D eigenvalue weighted by Crippen LogP contribution is 2.33. The van der Waals surface area contributed by atoms with Gasteiger partial charge in [-0.15, -0.1) is 0 Å². The van der Waals surface area contributed by atoms with Gasteiger partial charge in [-0.3, -0.25) is 0 Å². The Bertz CT molecular complexity index is 522. The average Bonchev–Trinajstić information content (AvgIpc) is 2.84. The van der Waals surface area contributed by atoms with Gasteiger partial charge in [-0.1, -0.05) is 27.7 Å². The maximum Gasteiger partial charge on any atom is 0.189 e. The molecule has 0 amide bonds. The molecule has 0 spiro atoms. The molecular weight excluding hydrogens is 448 g/mol. The Kier molecular flexibility index (Phi) is 12.2. The van der Waals surface area contributed by atoms with E-state index in [9.17, 15) is 61.3 Å². The van der Waals surface area contributed by atoms with E-state index in [0.717, 1.165) is 0 Å². The highest BCUT2D eigenvalue weighted by molar-refractivity contribution is 5.02. The predicted octanol–water partition coefficient (Wildman–Crippen LogP) is -4.37. The molecular formula is C20H42O13. The topological polar surface area (TPSA) is 252 Å². The quantitative estimate of drug-likeness (QED) is 0.0914. The third-order valence-electron chi connectivity index (χ3n) is 6.74. The van der Waals surface area contributed by atoms with Gasteiger partial charge >= 0.3 is 0 Å². The van der Waals surface area contributed by atoms with Crippen LogP contribution in [0.25, 0.3) is 0 Å². The summed E-state index contributed by atoms with van der Waals surface area (Å²) in [6.07, 6.45) is -15.5. The number of hydrogen-bond acceptors (Lipinski definition) is 13. The molecule has 0 aromatic carbocycles. The fraction of sp³-hybridized carbons (Fsp3) is 1.00. The first-order valence-electron chi connectivity index (χ1n) is 10.9. The molecule has 10 atom stereocenters. The third kappa shape index (κ3) is 6.38. The maximum atomic E-state index is 10.8. The Hall–Kier alpha value is -0.520. The highest BCUT2D eigenvalue weighted by atomic mass is 16.7. The summed E-state index contributed by atoms with van der Waals surface area (Å²) in [5.41, 5.74) is -9.99. The lowest BCUT2D eigenvalue weighted by atomic mass is 9.80. The number of aliphatic hydroxyl groups is 12. The highest BCUT2D eigenvalue weighted by Gasteiger charge is 2.55. The molecule has 0 saturated carbocycles. The van der Waals surface area contributed by atoms with Gasteiger partial charge in [0, 0.05) is 0 Å². The van der Waals surface area contributed by atoms with E-state index in [1.165, 1.54) is 27.7 Å². The van der Waals surface area contributed by atoms with Crippen molar-refractivity contribution in [1.29, 1.82) is 0 Å². The van der Waals surface area contributed by atoms with E-state index in [-0.39, 0.29) is 12.8 Å². The van der Waals surface area contributed by atoms with Crippen molar-refractivity contribution in [3.63, 3.8) is 0 Å². The summed E-state index contributed by atoms with van der Waals surface area (Å²) in [5.74, 6) is 0. The Balaban J connectivity index is 5.87. The zero-order valence-electron chi connectivity index (χ0n) is 19.5. The van der Waals surface area contributed by atoms with Crippen LogP contribution in [0.2, 0.25) is 0 Å². The van der Waals surface area contributed by atoms with Crippen molar-refractivity contribution in [2.45, 2.75) is 113 Å². The molecule has 0 aromatic rings. The van der Waals surface area contributed by atoms with Gasteiger partial charge in [-0.25, -0.2) is 0 Å². The Morgan fingerprint density at radius 1 is 0.515 bits per heavy atom. The van der Waals surface area contributed by atoms with Crippen LogP contribution in [-0.2, 0) is 4.74 Å². The molecule has 0 bridgehead atoms. The average molecular weight is 491 g/mol. The summed E-state index contributed by atoms with van der Waals surface area (Å²) in [5, 5.41) is 123. The fourth-order valence-corrected chi connectivity index (χ4v) is 3.38. The van der Waals surface area contributed by atoms with Gasteiger partial charge in [0.05, 0.1) is 13.2 Å². The molecule has 0 saturated heterocycles. The van der Waals surface area contributed by atoms with E-state index in [4.69, 9.17) is 4.74 Å². The van der Waals surface area contributed by atoms with Crippen LogP contribution in [0.5, 0.6) is 0 Å². The molecule has 200 valence electrons. The molecule has 0 aliphatic heterocycles. The molecule has 12 N–H and O–H groups in total. The normalized spacial score (nSPS) is 25.5. The Labute approximate surface area is 192 Å². The molecule has 0 radical (unpaired) electrons. The zero-order valence-corrected chi connectivity index (χ0v) is 19.5. The monoisotopic (exact) mass is 490 g/mol. The molecule has 2 unspecified atom stereocenters. The predicted molar refractivity (Wildman–Crippen MR) is 112 cm³/mol. The zero-order chi connectivity index (χ0) is 26.4. The van der Waals surface area contributed by atoms with Crippen molar-refractivity contribution < 1.29 is 66.0 Å². The first-order valence-corrected chi connectivity index (χ1v) is 10.9. The van der Waals surface area contributed by atoms with Crippen LogP contribution in [-0.4, -0.2) is 134 Å². The Morgan fingerprint density at radius 2 is 0.788 bits per heavy atom. The molecule has 0 aromatic heterocycles. The summed E-state index contributed by atoms with van der Waals surface area (Å²) in [4.78, 5) is 0. The lowest BCUT2D eigenvalue weighted by Gasteiger charge is -2.45. The maximum absolute atomic E-state index is 10.8. The molecule has 0 aliphatic carbocycles. The van der Waals surface area contributed by atoms with Gasteiger partial charge in [-0.2, -0.15) is 0 Å². The number of hydrogen-bond donors (Lipinski definition) is 12. The smallest absolute Gasteiger partial charge is 0.189 e. The summed E-state index contributed by atoms with van der Waals surface area (Å²) in [6, 6.07) is 0. The standard InChI is InChI=1S/C20H42O13/c1-5-17(29,9-21)11(23)13(25)19(31,7-3)15(27)33-16(28)20(32,8-4)14(26)12(24)18(30,6-2)10-22/h11-16,21-32H,5-10H2,1-4H3/t11-,12-,13-,14-,15?,16?,17+,18+,19+,20+/m0/s1. The van der Waals surface area contributed by atoms with Crippen LogP contribution in [0.4, 0.5) is 0 Å². The number of rotatable bonds is 16. The Morgan fingerprint density at radius 3 is 0.970 bits per heavy atom. The van der Waals surface area contributed by atoms with Crippen molar-refractivity contribution in [2.24, 2.45) is 0 Å². The van der Waals surface area contributed by atoms with Crippen molar-refractivity contribution in [2.75, 3.05) is 13.2 Å². The summed E-state index contributed by atoms with van der Waals surface area (Å²) in [6.45, 7) is 3.29. The van der Waals surface area contributed by atoms with Crippen LogP contribution in [0, 0.1) is 0 Å². The molecule has 13 nitrogen and oxygen atoms in total. The molecule has 0 fully saturated rings. The lowest BCUT2D eigenvalue weighted by Crippen LogP contribution is -2.66. The molecule has 0 aliphatic rings. The summed E-state index contributed by atoms with van der Waals surface area (Å²) < 4.78 is 4.85. The second-order valence-electron chi connectivity index (χ2n) is 8.54. The van der Waals surface area contributed by atoms with E-state index in [0.29, 0.717) is 0 Å². The van der Waals surface area contributed by atoms with E-state index in [1.807, 2.05) is 0 Å². The van der Waals surface area contributed by atoms with Crippen LogP contribution in [0.3, 0.4) is 0 Å². The van der Waals surface area contributed by atoms with Crippen LogP contribution in [0.15, 0.2) is 0 Å². The van der Waals surface area contributed by atoms with Gasteiger partial charge < -0.3 is 66.0 Å². The summed E-state index contributed by atoms with van der Waals surface area (Å²) in [7, 11) is 0. The van der Waals surface area contributed by atoms with Crippen LogP contribution in [0.1, 0.15) is 53.4 Å². The van der Waals surface area contributed by atoms with Gasteiger partial charge in [-0.05, 0) is 25.7 Å². The van der Waals surface area contributed by atoms with Gasteiger partial charge in [0.15, 0.2) is 12.6 Å². The molecule has 33 heavy (non-hydrogen) atoms. The van der Waals surface area contributed by atoms with Crippen LogP contribution < -0.4 is 0 Å². The first-order chi connectivity index (χ1) is 15.0. The van der Waals surface area contributed by atoms with Crippen molar-refractivity contribution in [3.05, 3.63) is 0 Å². The van der Waals surface area contributed by atoms with E-state index < -0.39 is 85.5 Å². The van der Waals surface area contributed by atoms with Crippen molar-refractivity contribution in [1.82, 2.24) is 0 Å².